The number of hydrogen-bond acceptors (Lipinski definition) is 5. The van der Waals surface area contributed by atoms with Crippen molar-refractivity contribution in [2.24, 2.45) is 17.3 Å². The van der Waals surface area contributed by atoms with Crippen LogP contribution in [0.25, 0.3) is 0 Å². The van der Waals surface area contributed by atoms with Crippen molar-refractivity contribution in [1.82, 2.24) is 4.90 Å². The van der Waals surface area contributed by atoms with Crippen LogP contribution in [0.1, 0.15) is 18.4 Å². The largest absolute Gasteiger partial charge is 0.305 e. The van der Waals surface area contributed by atoms with Crippen LogP contribution < -0.4 is 0 Å². The molecule has 1 N–H and O–H groups in total. The van der Waals surface area contributed by atoms with E-state index in [1.165, 1.54) is 0 Å². The molecule has 0 aromatic heterocycles. The van der Waals surface area contributed by atoms with Gasteiger partial charge < -0.3 is 5.41 Å². The number of halogens is 1. The Hall–Kier alpha value is -2.46. The fraction of sp³-hybridized carbons (Fsp3) is 0.400. The Morgan fingerprint density at radius 2 is 2.04 bits per heavy atom. The van der Waals surface area contributed by atoms with Crippen LogP contribution in [0.4, 0.5) is 0 Å². The maximum atomic E-state index is 9.97. The fourth-order valence-electron chi connectivity index (χ4n) is 4.20. The molecule has 1 aliphatic heterocycles. The number of nitrogens with one attached hydrogen (secondary N) is 1. The minimum atomic E-state index is -1.64. The highest BCUT2D eigenvalue weighted by molar-refractivity contribution is 9.10. The molecule has 0 radical (unpaired) electrons. The first-order chi connectivity index (χ1) is 12.5. The first kappa shape index (κ1) is 18.3. The second-order valence-corrected chi connectivity index (χ2v) is 7.62. The number of fused-ring (bicyclic) bond motifs is 1. The van der Waals surface area contributed by atoms with E-state index in [9.17, 15) is 15.8 Å². The molecule has 3 atom stereocenters. The van der Waals surface area contributed by atoms with Gasteiger partial charge in [-0.3, -0.25) is 4.90 Å². The van der Waals surface area contributed by atoms with Gasteiger partial charge >= 0.3 is 0 Å². The van der Waals surface area contributed by atoms with Gasteiger partial charge in [-0.2, -0.15) is 15.8 Å². The third kappa shape index (κ3) is 2.65. The fourth-order valence-corrected chi connectivity index (χ4v) is 4.62. The van der Waals surface area contributed by atoms with Crippen molar-refractivity contribution in [3.05, 3.63) is 46.0 Å². The van der Waals surface area contributed by atoms with E-state index in [1.54, 1.807) is 0 Å². The third-order valence-electron chi connectivity index (χ3n) is 5.52. The Morgan fingerprint density at radius 1 is 1.31 bits per heavy atom. The molecule has 0 saturated heterocycles. The van der Waals surface area contributed by atoms with E-state index < -0.39 is 17.3 Å². The summed E-state index contributed by atoms with van der Waals surface area (Å²) in [4.78, 5) is 2.24. The summed E-state index contributed by atoms with van der Waals surface area (Å²) in [6.07, 6.45) is 2.02. The number of nitriles is 3. The third-order valence-corrected chi connectivity index (χ3v) is 6.01. The highest BCUT2D eigenvalue weighted by Gasteiger charge is 2.57. The SMILES string of the molecule is CCN1CC=C2C(C#N)C(=N)C(C#N)(C#N)[C@@H](c3cccc(Br)c3)[C@H]2C1. The zero-order valence-electron chi connectivity index (χ0n) is 14.4. The zero-order valence-corrected chi connectivity index (χ0v) is 16.0. The maximum absolute atomic E-state index is 9.97. The van der Waals surface area contributed by atoms with Crippen molar-refractivity contribution in [3.8, 4) is 18.2 Å². The van der Waals surface area contributed by atoms with E-state index in [4.69, 9.17) is 5.41 Å². The summed E-state index contributed by atoms with van der Waals surface area (Å²) < 4.78 is 0.863. The number of rotatable bonds is 2. The molecular formula is C20H18BrN5. The molecule has 3 rings (SSSR count). The van der Waals surface area contributed by atoms with Crippen LogP contribution in [0.15, 0.2) is 40.4 Å². The number of hydrogen-bond donors (Lipinski definition) is 1. The van der Waals surface area contributed by atoms with Crippen LogP contribution in [0.5, 0.6) is 0 Å². The van der Waals surface area contributed by atoms with E-state index in [0.29, 0.717) is 6.54 Å². The van der Waals surface area contributed by atoms with Gasteiger partial charge in [0.15, 0.2) is 5.41 Å². The van der Waals surface area contributed by atoms with Gasteiger partial charge in [0.2, 0.25) is 0 Å². The average Bonchev–Trinajstić information content (AvgIpc) is 2.66. The van der Waals surface area contributed by atoms with Gasteiger partial charge in [-0.25, -0.2) is 0 Å². The van der Waals surface area contributed by atoms with E-state index in [1.807, 2.05) is 30.3 Å². The number of likely N-dealkylation sites (N-methyl/N-ethyl adjacent to an activating group) is 1. The highest BCUT2D eigenvalue weighted by atomic mass is 79.9. The molecule has 0 spiro atoms. The molecule has 1 fully saturated rings. The molecule has 1 aliphatic carbocycles. The summed E-state index contributed by atoms with van der Waals surface area (Å²) >= 11 is 3.47. The van der Waals surface area contributed by atoms with E-state index in [0.717, 1.165) is 28.7 Å². The van der Waals surface area contributed by atoms with Gasteiger partial charge in [0.05, 0.1) is 23.9 Å². The molecule has 1 aromatic rings. The Balaban J connectivity index is 2.26. The van der Waals surface area contributed by atoms with Crippen LogP contribution >= 0.6 is 15.9 Å². The van der Waals surface area contributed by atoms with E-state index >= 15 is 0 Å². The first-order valence-electron chi connectivity index (χ1n) is 8.51. The zero-order chi connectivity index (χ0) is 18.9. The summed E-state index contributed by atoms with van der Waals surface area (Å²) in [5, 5.41) is 38.2. The molecule has 5 nitrogen and oxygen atoms in total. The van der Waals surface area contributed by atoms with Crippen molar-refractivity contribution in [2.75, 3.05) is 19.6 Å². The molecule has 2 aliphatic rings. The number of nitrogens with zero attached hydrogens (tertiary/aromatic N) is 4. The highest BCUT2D eigenvalue weighted by Crippen LogP contribution is 2.53. The quantitative estimate of drug-likeness (QED) is 0.756. The molecule has 1 aromatic carbocycles. The molecule has 130 valence electrons. The van der Waals surface area contributed by atoms with Gasteiger partial charge in [0.1, 0.15) is 5.92 Å². The van der Waals surface area contributed by atoms with Gasteiger partial charge in [0, 0.05) is 29.4 Å². The van der Waals surface area contributed by atoms with Gasteiger partial charge in [-0.15, -0.1) is 0 Å². The van der Waals surface area contributed by atoms with Crippen molar-refractivity contribution in [1.29, 1.82) is 21.2 Å². The summed E-state index contributed by atoms with van der Waals surface area (Å²) in [5.41, 5.74) is -0.00635. The summed E-state index contributed by atoms with van der Waals surface area (Å²) in [5.74, 6) is -1.43. The Kier molecular flexibility index (Phi) is 4.97. The normalized spacial score (nSPS) is 27.4. The average molecular weight is 408 g/mol. The minimum Gasteiger partial charge on any atom is -0.305 e. The second-order valence-electron chi connectivity index (χ2n) is 6.70. The van der Waals surface area contributed by atoms with Crippen molar-refractivity contribution >= 4 is 21.6 Å². The van der Waals surface area contributed by atoms with Crippen LogP contribution in [0.3, 0.4) is 0 Å². The lowest BCUT2D eigenvalue weighted by molar-refractivity contribution is 0.212. The lowest BCUT2D eigenvalue weighted by Gasteiger charge is -2.47. The topological polar surface area (TPSA) is 98.5 Å². The second kappa shape index (κ2) is 7.04. The monoisotopic (exact) mass is 407 g/mol. The van der Waals surface area contributed by atoms with Crippen molar-refractivity contribution < 1.29 is 0 Å². The molecule has 26 heavy (non-hydrogen) atoms. The Bertz CT molecular complexity index is 884. The molecule has 6 heteroatoms. The predicted molar refractivity (Wildman–Crippen MR) is 101 cm³/mol. The molecule has 1 heterocycles. The van der Waals surface area contributed by atoms with E-state index in [-0.39, 0.29) is 11.6 Å². The van der Waals surface area contributed by atoms with Gasteiger partial charge in [0.25, 0.3) is 0 Å². The first-order valence-corrected chi connectivity index (χ1v) is 9.30. The summed E-state index contributed by atoms with van der Waals surface area (Å²) in [6.45, 7) is 4.33. The molecular weight excluding hydrogens is 390 g/mol. The van der Waals surface area contributed by atoms with Gasteiger partial charge in [-0.1, -0.05) is 41.1 Å². The summed E-state index contributed by atoms with van der Waals surface area (Å²) in [7, 11) is 0. The molecule has 0 bridgehead atoms. The molecule has 1 saturated carbocycles. The predicted octanol–water partition coefficient (Wildman–Crippen LogP) is 3.62. The van der Waals surface area contributed by atoms with Crippen molar-refractivity contribution in [2.45, 2.75) is 12.8 Å². The minimum absolute atomic E-state index is 0.0950. The smallest absolute Gasteiger partial charge is 0.189 e. The Morgan fingerprint density at radius 3 is 2.62 bits per heavy atom. The van der Waals surface area contributed by atoms with Crippen molar-refractivity contribution in [3.63, 3.8) is 0 Å². The van der Waals surface area contributed by atoms with Gasteiger partial charge in [-0.05, 0) is 29.8 Å². The Labute approximate surface area is 161 Å². The molecule has 0 amide bonds. The van der Waals surface area contributed by atoms with Crippen LogP contribution in [-0.4, -0.2) is 30.2 Å². The van der Waals surface area contributed by atoms with Crippen LogP contribution in [0, 0.1) is 56.7 Å². The number of benzene rings is 1. The standard InChI is InChI=1S/C20H18BrN5/c1-2-26-7-6-15-16(9-22)19(25)20(11-23,12-24)18(17(15)10-26)13-4-3-5-14(21)8-13/h3-6,8,16-18,25H,2,7,10H2,1H3/t16?,17-,18-/m0/s1. The lowest BCUT2D eigenvalue weighted by atomic mass is 9.54. The lowest BCUT2D eigenvalue weighted by Crippen LogP contribution is -2.52. The summed E-state index contributed by atoms with van der Waals surface area (Å²) in [6, 6.07) is 14.0. The van der Waals surface area contributed by atoms with Crippen LogP contribution in [-0.2, 0) is 0 Å². The van der Waals surface area contributed by atoms with E-state index in [2.05, 4.69) is 46.0 Å². The molecule has 1 unspecified atom stereocenters. The van der Waals surface area contributed by atoms with Crippen LogP contribution in [0.2, 0.25) is 0 Å². The maximum Gasteiger partial charge on any atom is 0.189 e.